The molecule has 10 aromatic carbocycles. The van der Waals surface area contributed by atoms with Crippen molar-refractivity contribution in [3.05, 3.63) is 193 Å². The van der Waals surface area contributed by atoms with Crippen LogP contribution in [0.5, 0.6) is 0 Å². The molecule has 0 radical (unpaired) electrons. The van der Waals surface area contributed by atoms with Crippen LogP contribution >= 0.6 is 0 Å². The lowest BCUT2D eigenvalue weighted by Gasteiger charge is -2.32. The summed E-state index contributed by atoms with van der Waals surface area (Å²) in [7, 11) is 0. The molecule has 0 aliphatic heterocycles. The largest absolute Gasteiger partial charge is 0.454 e. The smallest absolute Gasteiger partial charge is 0.159 e. The van der Waals surface area contributed by atoms with Gasteiger partial charge < -0.3 is 18.6 Å². The highest BCUT2D eigenvalue weighted by atomic mass is 16.3. The first-order valence-electron chi connectivity index (χ1n) is 22.8. The van der Waals surface area contributed by atoms with Gasteiger partial charge in [-0.1, -0.05) is 175 Å². The molecule has 4 heteroatoms. The molecule has 12 rings (SSSR count). The Balaban J connectivity index is 1.23. The number of rotatable bonds is 6. The number of furan rings is 2. The van der Waals surface area contributed by atoms with Crippen LogP contribution in [0.25, 0.3) is 76.2 Å². The molecule has 0 amide bonds. The number of anilines is 6. The highest BCUT2D eigenvalue weighted by molar-refractivity contribution is 6.29. The number of nitrogens with zero attached hydrogens (tertiary/aromatic N) is 2. The van der Waals surface area contributed by atoms with Crippen LogP contribution in [-0.4, -0.2) is 0 Å². The molecular formula is C61H50N2O2. The topological polar surface area (TPSA) is 32.8 Å². The van der Waals surface area contributed by atoms with Crippen molar-refractivity contribution in [3.8, 4) is 0 Å². The molecule has 0 aliphatic carbocycles. The SMILES string of the molecule is Cc1cc2ccc3c(N(c4ccccc4)c4cccc5c4oc4c(C(C)(C)C)cccc45)cc(N(c4ccccc4)c4cccc5c4oc4c(C(C)(C)C)cccc45)c4ccc(c1)c2c34. The highest BCUT2D eigenvalue weighted by Gasteiger charge is 2.30. The quantitative estimate of drug-likeness (QED) is 0.156. The lowest BCUT2D eigenvalue weighted by atomic mass is 9.86. The summed E-state index contributed by atoms with van der Waals surface area (Å²) >= 11 is 0. The second-order valence-electron chi connectivity index (χ2n) is 19.8. The van der Waals surface area contributed by atoms with Crippen molar-refractivity contribution in [2.24, 2.45) is 0 Å². The van der Waals surface area contributed by atoms with E-state index in [1.54, 1.807) is 0 Å². The van der Waals surface area contributed by atoms with Crippen molar-refractivity contribution in [2.75, 3.05) is 9.80 Å². The number of para-hydroxylation sites is 6. The Morgan fingerprint density at radius 3 is 1.15 bits per heavy atom. The van der Waals surface area contributed by atoms with Gasteiger partial charge in [-0.3, -0.25) is 0 Å². The molecule has 0 saturated carbocycles. The third-order valence-electron chi connectivity index (χ3n) is 13.4. The minimum Gasteiger partial charge on any atom is -0.454 e. The van der Waals surface area contributed by atoms with Gasteiger partial charge in [-0.2, -0.15) is 0 Å². The molecule has 0 atom stereocenters. The average molecular weight is 843 g/mol. The fraction of sp³-hybridized carbons (Fsp3) is 0.148. The molecule has 4 nitrogen and oxygen atoms in total. The van der Waals surface area contributed by atoms with E-state index in [1.807, 2.05) is 0 Å². The Bertz CT molecular complexity index is 3560. The zero-order valence-corrected chi connectivity index (χ0v) is 38.0. The van der Waals surface area contributed by atoms with Crippen molar-refractivity contribution in [3.63, 3.8) is 0 Å². The second kappa shape index (κ2) is 14.2. The maximum atomic E-state index is 7.17. The van der Waals surface area contributed by atoms with Crippen molar-refractivity contribution in [2.45, 2.75) is 59.3 Å². The zero-order valence-electron chi connectivity index (χ0n) is 38.0. The van der Waals surface area contributed by atoms with Crippen molar-refractivity contribution < 1.29 is 8.83 Å². The summed E-state index contributed by atoms with van der Waals surface area (Å²) in [4.78, 5) is 4.84. The van der Waals surface area contributed by atoms with E-state index in [0.717, 1.165) is 88.8 Å². The Morgan fingerprint density at radius 2 is 0.738 bits per heavy atom. The van der Waals surface area contributed by atoms with E-state index in [0.29, 0.717) is 0 Å². The summed E-state index contributed by atoms with van der Waals surface area (Å²) in [5.74, 6) is 0. The highest BCUT2D eigenvalue weighted by Crippen LogP contribution is 2.53. The first-order valence-corrected chi connectivity index (χ1v) is 22.8. The number of aryl methyl sites for hydroxylation is 1. The summed E-state index contributed by atoms with van der Waals surface area (Å²) in [5, 5.41) is 11.7. The molecule has 0 aliphatic rings. The Kier molecular flexibility index (Phi) is 8.55. The molecule has 316 valence electrons. The minimum absolute atomic E-state index is 0.107. The van der Waals surface area contributed by atoms with E-state index in [4.69, 9.17) is 8.83 Å². The standard InChI is InChI=1S/C61H50N2O2/c1-37-34-38-30-32-46-52(62(40-18-10-8-11-19-40)50-28-16-24-44-42-22-14-26-48(60(2,3)4)56(42)64-58(44)50)36-53(47-33-31-39(35-37)54(38)55(46)47)63(41-20-12-9-13-21-41)51-29-17-25-45-43-23-15-27-49(61(5,6)7)57(43)65-59(45)51/h8-36H,1-7H3. The third kappa shape index (κ3) is 6.04. The third-order valence-corrected chi connectivity index (χ3v) is 13.4. The molecule has 2 aromatic heterocycles. The van der Waals surface area contributed by atoms with E-state index in [1.165, 1.54) is 38.2 Å². The van der Waals surface area contributed by atoms with Crippen molar-refractivity contribution >= 4 is 110 Å². The van der Waals surface area contributed by atoms with E-state index < -0.39 is 0 Å². The number of hydrogen-bond donors (Lipinski definition) is 0. The van der Waals surface area contributed by atoms with Gasteiger partial charge in [-0.05, 0) is 81.9 Å². The second-order valence-corrected chi connectivity index (χ2v) is 19.8. The Labute approximate surface area is 379 Å². The maximum Gasteiger partial charge on any atom is 0.159 e. The van der Waals surface area contributed by atoms with Crippen LogP contribution in [0, 0.1) is 6.92 Å². The first-order chi connectivity index (χ1) is 31.4. The van der Waals surface area contributed by atoms with Gasteiger partial charge in [0, 0.05) is 60.2 Å². The van der Waals surface area contributed by atoms with Crippen LogP contribution < -0.4 is 9.80 Å². The molecule has 0 saturated heterocycles. The average Bonchev–Trinajstić information content (AvgIpc) is 3.88. The van der Waals surface area contributed by atoms with Gasteiger partial charge in [0.05, 0.1) is 22.7 Å². The summed E-state index contributed by atoms with van der Waals surface area (Å²) in [6, 6.07) is 64.2. The molecule has 12 aromatic rings. The fourth-order valence-corrected chi connectivity index (χ4v) is 10.5. The Morgan fingerprint density at radius 1 is 0.338 bits per heavy atom. The van der Waals surface area contributed by atoms with Crippen LogP contribution in [0.1, 0.15) is 58.2 Å². The van der Waals surface area contributed by atoms with Crippen LogP contribution in [-0.2, 0) is 10.8 Å². The van der Waals surface area contributed by atoms with E-state index in [9.17, 15) is 0 Å². The minimum atomic E-state index is -0.107. The monoisotopic (exact) mass is 842 g/mol. The molecule has 2 heterocycles. The normalized spacial score (nSPS) is 12.5. The molecule has 65 heavy (non-hydrogen) atoms. The van der Waals surface area contributed by atoms with Gasteiger partial charge in [-0.15, -0.1) is 0 Å². The van der Waals surface area contributed by atoms with E-state index >= 15 is 0 Å². The van der Waals surface area contributed by atoms with Gasteiger partial charge >= 0.3 is 0 Å². The molecular weight excluding hydrogens is 793 g/mol. The van der Waals surface area contributed by atoms with Crippen molar-refractivity contribution in [1.29, 1.82) is 0 Å². The van der Waals surface area contributed by atoms with E-state index in [-0.39, 0.29) is 10.8 Å². The van der Waals surface area contributed by atoms with Crippen LogP contribution in [0.2, 0.25) is 0 Å². The zero-order chi connectivity index (χ0) is 44.4. The van der Waals surface area contributed by atoms with Crippen molar-refractivity contribution in [1.82, 2.24) is 0 Å². The predicted molar refractivity (Wildman–Crippen MR) is 276 cm³/mol. The van der Waals surface area contributed by atoms with Gasteiger partial charge in [-0.25, -0.2) is 0 Å². The van der Waals surface area contributed by atoms with Crippen LogP contribution in [0.4, 0.5) is 34.1 Å². The summed E-state index contributed by atoms with van der Waals surface area (Å²) < 4.78 is 14.3. The fourth-order valence-electron chi connectivity index (χ4n) is 10.5. The molecule has 0 unspecified atom stereocenters. The molecule has 0 spiro atoms. The molecule has 0 N–H and O–H groups in total. The predicted octanol–water partition coefficient (Wildman–Crippen LogP) is 18.2. The Hall–Kier alpha value is -7.56. The van der Waals surface area contributed by atoms with Crippen LogP contribution in [0.3, 0.4) is 0 Å². The maximum absolute atomic E-state index is 7.17. The number of hydrogen-bond acceptors (Lipinski definition) is 4. The van der Waals surface area contributed by atoms with Gasteiger partial charge in [0.2, 0.25) is 0 Å². The summed E-state index contributed by atoms with van der Waals surface area (Å²) in [5.41, 5.74) is 13.1. The summed E-state index contributed by atoms with van der Waals surface area (Å²) in [6.45, 7) is 15.7. The lowest BCUT2D eigenvalue weighted by Crippen LogP contribution is -2.15. The first kappa shape index (κ1) is 39.1. The number of fused-ring (bicyclic) bond motifs is 6. The molecule has 0 bridgehead atoms. The number of benzene rings is 10. The van der Waals surface area contributed by atoms with E-state index in [2.05, 4.69) is 234 Å². The van der Waals surface area contributed by atoms with Crippen LogP contribution in [0.15, 0.2) is 185 Å². The lowest BCUT2D eigenvalue weighted by molar-refractivity contribution is 0.572. The summed E-state index contributed by atoms with van der Waals surface area (Å²) in [6.07, 6.45) is 0. The van der Waals surface area contributed by atoms with Gasteiger partial charge in [0.1, 0.15) is 11.2 Å². The molecule has 0 fully saturated rings. The van der Waals surface area contributed by atoms with Gasteiger partial charge in [0.15, 0.2) is 11.2 Å². The van der Waals surface area contributed by atoms with Gasteiger partial charge in [0.25, 0.3) is 0 Å².